The van der Waals surface area contributed by atoms with Crippen molar-refractivity contribution in [1.82, 2.24) is 19.9 Å². The summed E-state index contributed by atoms with van der Waals surface area (Å²) >= 11 is 0. The van der Waals surface area contributed by atoms with Crippen molar-refractivity contribution in [1.29, 1.82) is 0 Å². The topological polar surface area (TPSA) is 120 Å². The van der Waals surface area contributed by atoms with E-state index in [1.165, 1.54) is 0 Å². The lowest BCUT2D eigenvalue weighted by atomic mass is 10.3. The molecule has 2 aromatic heterocycles. The lowest BCUT2D eigenvalue weighted by molar-refractivity contribution is 0.183. The summed E-state index contributed by atoms with van der Waals surface area (Å²) in [6, 6.07) is 0. The summed E-state index contributed by atoms with van der Waals surface area (Å²) in [6.45, 7) is 5.19. The second kappa shape index (κ2) is 8.44. The largest absolute Gasteiger partial charge is 0.391 e. The van der Waals surface area contributed by atoms with Crippen LogP contribution in [-0.4, -0.2) is 58.3 Å². The van der Waals surface area contributed by atoms with Crippen LogP contribution >= 0.6 is 0 Å². The first-order chi connectivity index (χ1) is 11.6. The Labute approximate surface area is 141 Å². The van der Waals surface area contributed by atoms with E-state index in [0.29, 0.717) is 47.5 Å². The van der Waals surface area contributed by atoms with E-state index in [1.807, 2.05) is 6.92 Å². The second-order valence-electron chi connectivity index (χ2n) is 5.36. The van der Waals surface area contributed by atoms with Gasteiger partial charge in [-0.2, -0.15) is 9.97 Å². The maximum absolute atomic E-state index is 9.81. The van der Waals surface area contributed by atoms with Crippen LogP contribution in [0.5, 0.6) is 0 Å². The highest BCUT2D eigenvalue weighted by Gasteiger charge is 2.16. The van der Waals surface area contributed by atoms with E-state index in [9.17, 15) is 5.11 Å². The number of hydrogen-bond donors (Lipinski definition) is 5. The molecule has 2 heterocycles. The van der Waals surface area contributed by atoms with Crippen molar-refractivity contribution in [2.45, 2.75) is 32.8 Å². The molecule has 0 bridgehead atoms. The molecule has 2 aromatic rings. The smallest absolute Gasteiger partial charge is 0.225 e. The zero-order valence-corrected chi connectivity index (χ0v) is 14.6. The molecule has 0 aliphatic carbocycles. The van der Waals surface area contributed by atoms with Crippen LogP contribution in [0, 0.1) is 0 Å². The number of nitrogens with one attached hydrogen (secondary N) is 4. The number of aliphatic hydroxyl groups is 1. The molecule has 1 atom stereocenters. The molecule has 1 unspecified atom stereocenters. The fraction of sp³-hybridized carbons (Fsp3) is 0.600. The first-order valence-electron chi connectivity index (χ1n) is 8.23. The van der Waals surface area contributed by atoms with Gasteiger partial charge in [0, 0.05) is 27.2 Å². The van der Waals surface area contributed by atoms with Crippen molar-refractivity contribution in [3.63, 3.8) is 0 Å². The summed E-state index contributed by atoms with van der Waals surface area (Å²) < 4.78 is 0. The van der Waals surface area contributed by atoms with Gasteiger partial charge in [-0.05, 0) is 12.8 Å². The van der Waals surface area contributed by atoms with Gasteiger partial charge in [-0.25, -0.2) is 9.97 Å². The minimum absolute atomic E-state index is 0.391. The first kappa shape index (κ1) is 17.9. The Morgan fingerprint density at radius 3 is 1.88 bits per heavy atom. The third-order valence-electron chi connectivity index (χ3n) is 3.51. The van der Waals surface area contributed by atoms with Crippen LogP contribution in [0.2, 0.25) is 0 Å². The highest BCUT2D eigenvalue weighted by Crippen LogP contribution is 2.26. The molecule has 132 valence electrons. The highest BCUT2D eigenvalue weighted by molar-refractivity contribution is 5.94. The van der Waals surface area contributed by atoms with Gasteiger partial charge in [0.05, 0.1) is 6.10 Å². The zero-order chi connectivity index (χ0) is 17.5. The second-order valence-corrected chi connectivity index (χ2v) is 5.36. The first-order valence-corrected chi connectivity index (χ1v) is 8.23. The molecular formula is C15H26N8O. The normalized spacial score (nSPS) is 12.0. The Kier molecular flexibility index (Phi) is 6.30. The third-order valence-corrected chi connectivity index (χ3v) is 3.51. The zero-order valence-electron chi connectivity index (χ0n) is 14.6. The number of nitrogens with zero attached hydrogens (tertiary/aromatic N) is 4. The number of anilines is 4. The molecule has 0 aliphatic heterocycles. The molecule has 2 rings (SSSR count). The molecule has 5 N–H and O–H groups in total. The van der Waals surface area contributed by atoms with Crippen molar-refractivity contribution in [3.8, 4) is 0 Å². The molecule has 0 saturated heterocycles. The minimum Gasteiger partial charge on any atom is -0.391 e. The Morgan fingerprint density at radius 2 is 1.42 bits per heavy atom. The average molecular weight is 334 g/mol. The molecule has 0 aromatic carbocycles. The summed E-state index contributed by atoms with van der Waals surface area (Å²) in [5.74, 6) is 2.18. The molecule has 0 amide bonds. The van der Waals surface area contributed by atoms with Crippen LogP contribution in [0.1, 0.15) is 26.7 Å². The van der Waals surface area contributed by atoms with E-state index in [1.54, 1.807) is 14.1 Å². The highest BCUT2D eigenvalue weighted by atomic mass is 16.3. The van der Waals surface area contributed by atoms with Gasteiger partial charge in [0.2, 0.25) is 11.9 Å². The molecule has 0 spiro atoms. The van der Waals surface area contributed by atoms with E-state index >= 15 is 0 Å². The predicted molar refractivity (Wildman–Crippen MR) is 97.8 cm³/mol. The average Bonchev–Trinajstić information content (AvgIpc) is 2.63. The van der Waals surface area contributed by atoms with Gasteiger partial charge in [-0.1, -0.05) is 13.8 Å². The Morgan fingerprint density at radius 1 is 0.875 bits per heavy atom. The Hall–Kier alpha value is -2.42. The van der Waals surface area contributed by atoms with E-state index in [0.717, 1.165) is 13.0 Å². The van der Waals surface area contributed by atoms with Gasteiger partial charge in [0.25, 0.3) is 0 Å². The number of aromatic nitrogens is 4. The van der Waals surface area contributed by atoms with E-state index in [4.69, 9.17) is 0 Å². The van der Waals surface area contributed by atoms with Gasteiger partial charge in [-0.15, -0.1) is 0 Å². The monoisotopic (exact) mass is 334 g/mol. The van der Waals surface area contributed by atoms with Crippen molar-refractivity contribution >= 4 is 34.6 Å². The van der Waals surface area contributed by atoms with Crippen molar-refractivity contribution in [2.24, 2.45) is 0 Å². The van der Waals surface area contributed by atoms with Crippen molar-refractivity contribution < 1.29 is 5.11 Å². The fourth-order valence-electron chi connectivity index (χ4n) is 2.09. The number of rotatable bonds is 9. The van der Waals surface area contributed by atoms with Crippen LogP contribution in [0.3, 0.4) is 0 Å². The van der Waals surface area contributed by atoms with Crippen molar-refractivity contribution in [3.05, 3.63) is 0 Å². The van der Waals surface area contributed by atoms with E-state index in [2.05, 4.69) is 48.1 Å². The van der Waals surface area contributed by atoms with Crippen LogP contribution < -0.4 is 21.3 Å². The summed E-state index contributed by atoms with van der Waals surface area (Å²) in [7, 11) is 3.52. The number of hydrogen-bond acceptors (Lipinski definition) is 9. The van der Waals surface area contributed by atoms with Gasteiger partial charge < -0.3 is 26.4 Å². The lowest BCUT2D eigenvalue weighted by Crippen LogP contribution is -2.20. The number of aliphatic hydroxyl groups excluding tert-OH is 1. The number of fused-ring (bicyclic) bond motifs is 1. The third kappa shape index (κ3) is 4.10. The van der Waals surface area contributed by atoms with E-state index in [-0.39, 0.29) is 0 Å². The van der Waals surface area contributed by atoms with Gasteiger partial charge >= 0.3 is 0 Å². The molecule has 0 saturated carbocycles. The van der Waals surface area contributed by atoms with Crippen LogP contribution in [0.25, 0.3) is 11.0 Å². The molecular weight excluding hydrogens is 308 g/mol. The Bertz CT molecular complexity index is 678. The van der Waals surface area contributed by atoms with Crippen molar-refractivity contribution in [2.75, 3.05) is 48.5 Å². The maximum Gasteiger partial charge on any atom is 0.225 e. The molecule has 0 aliphatic rings. The van der Waals surface area contributed by atoms with E-state index < -0.39 is 6.10 Å². The summed E-state index contributed by atoms with van der Waals surface area (Å²) in [5.41, 5.74) is 1.24. The minimum atomic E-state index is -0.448. The summed E-state index contributed by atoms with van der Waals surface area (Å²) in [5, 5.41) is 22.2. The standard InChI is InChI=1S/C15H26N8O/c1-5-7-18-12-10-11(21-14(16-3)22-12)13(19-8-9(24)6-2)23-15(17-4)20-10/h9,24H,5-8H2,1-4H3,(H2,16,18,21,22)(H2,17,19,20,23). The predicted octanol–water partition coefficient (Wildman–Crippen LogP) is 1.51. The van der Waals surface area contributed by atoms with Crippen LogP contribution in [-0.2, 0) is 0 Å². The summed E-state index contributed by atoms with van der Waals surface area (Å²) in [4.78, 5) is 17.9. The fourth-order valence-corrected chi connectivity index (χ4v) is 2.09. The molecule has 0 fully saturated rings. The molecule has 9 nitrogen and oxygen atoms in total. The Balaban J connectivity index is 2.53. The van der Waals surface area contributed by atoms with Crippen LogP contribution in [0.15, 0.2) is 0 Å². The van der Waals surface area contributed by atoms with Gasteiger partial charge in [0.15, 0.2) is 11.6 Å². The van der Waals surface area contributed by atoms with Gasteiger partial charge in [0.1, 0.15) is 11.0 Å². The SMILES string of the molecule is CCCNc1nc(NC)nc2c(NCC(O)CC)nc(NC)nc12. The van der Waals surface area contributed by atoms with Crippen LogP contribution in [0.4, 0.5) is 23.5 Å². The van der Waals surface area contributed by atoms with Gasteiger partial charge in [-0.3, -0.25) is 0 Å². The lowest BCUT2D eigenvalue weighted by Gasteiger charge is -2.15. The molecule has 9 heteroatoms. The molecule has 24 heavy (non-hydrogen) atoms. The maximum atomic E-state index is 9.81. The summed E-state index contributed by atoms with van der Waals surface area (Å²) in [6.07, 6.45) is 1.18. The quantitative estimate of drug-likeness (QED) is 0.464. The molecule has 0 radical (unpaired) electrons.